The number of ether oxygens (including phenoxy) is 1. The van der Waals surface area contributed by atoms with Crippen molar-refractivity contribution >= 4 is 28.6 Å². The third kappa shape index (κ3) is 1.02. The van der Waals surface area contributed by atoms with Crippen molar-refractivity contribution in [3.8, 4) is 0 Å². The summed E-state index contributed by atoms with van der Waals surface area (Å²) in [6.45, 7) is 3.51. The molecular formula is C5H5IO2. The third-order valence-corrected chi connectivity index (χ3v) is 1.86. The highest BCUT2D eigenvalue weighted by Gasteiger charge is 2.26. The van der Waals surface area contributed by atoms with E-state index in [-0.39, 0.29) is 9.89 Å². The number of cyclic esters (lactones) is 1. The fourth-order valence-corrected chi connectivity index (χ4v) is 1.15. The smallest absolute Gasteiger partial charge is 0.324 e. The highest BCUT2D eigenvalue weighted by molar-refractivity contribution is 14.1. The van der Waals surface area contributed by atoms with Crippen molar-refractivity contribution in [3.63, 3.8) is 0 Å². The number of alkyl halides is 1. The topological polar surface area (TPSA) is 26.3 Å². The van der Waals surface area contributed by atoms with Gasteiger partial charge in [-0.25, -0.2) is 0 Å². The van der Waals surface area contributed by atoms with Gasteiger partial charge in [0.25, 0.3) is 0 Å². The Morgan fingerprint density at radius 1 is 1.88 bits per heavy atom. The van der Waals surface area contributed by atoms with Gasteiger partial charge in [-0.3, -0.25) is 4.79 Å². The largest absolute Gasteiger partial charge is 0.431 e. The number of hydrogen-bond donors (Lipinski definition) is 0. The van der Waals surface area contributed by atoms with E-state index in [4.69, 9.17) is 0 Å². The van der Waals surface area contributed by atoms with E-state index in [1.54, 1.807) is 0 Å². The lowest BCUT2D eigenvalue weighted by Crippen LogP contribution is -2.03. The van der Waals surface area contributed by atoms with Gasteiger partial charge in [0, 0.05) is 6.42 Å². The van der Waals surface area contributed by atoms with E-state index in [2.05, 4.69) is 11.3 Å². The summed E-state index contributed by atoms with van der Waals surface area (Å²) in [5.41, 5.74) is 0. The molecule has 1 unspecified atom stereocenters. The Morgan fingerprint density at radius 2 is 2.50 bits per heavy atom. The molecule has 0 aromatic heterocycles. The fourth-order valence-electron chi connectivity index (χ4n) is 0.531. The molecule has 0 aliphatic carbocycles. The van der Waals surface area contributed by atoms with Crippen molar-refractivity contribution < 1.29 is 9.53 Å². The van der Waals surface area contributed by atoms with Gasteiger partial charge < -0.3 is 4.74 Å². The van der Waals surface area contributed by atoms with Crippen LogP contribution in [0, 0.1) is 0 Å². The molecular weight excluding hydrogens is 219 g/mol. The Kier molecular flexibility index (Phi) is 1.55. The number of halogens is 1. The van der Waals surface area contributed by atoms with Crippen LogP contribution >= 0.6 is 22.6 Å². The van der Waals surface area contributed by atoms with Crippen molar-refractivity contribution in [2.24, 2.45) is 0 Å². The summed E-state index contributed by atoms with van der Waals surface area (Å²) >= 11 is 2.04. The van der Waals surface area contributed by atoms with E-state index in [9.17, 15) is 4.79 Å². The van der Waals surface area contributed by atoms with Crippen LogP contribution in [-0.4, -0.2) is 9.89 Å². The SMILES string of the molecule is C=C1CC(I)C(=O)O1. The van der Waals surface area contributed by atoms with Gasteiger partial charge in [0.1, 0.15) is 9.68 Å². The summed E-state index contributed by atoms with van der Waals surface area (Å²) in [6.07, 6.45) is 0.680. The molecule has 1 aliphatic heterocycles. The molecule has 1 rings (SSSR count). The van der Waals surface area contributed by atoms with Crippen molar-refractivity contribution in [3.05, 3.63) is 12.3 Å². The lowest BCUT2D eigenvalue weighted by atomic mass is 10.3. The van der Waals surface area contributed by atoms with Crippen molar-refractivity contribution in [2.45, 2.75) is 10.3 Å². The Hall–Kier alpha value is -0.0600. The highest BCUT2D eigenvalue weighted by atomic mass is 127. The van der Waals surface area contributed by atoms with Gasteiger partial charge >= 0.3 is 5.97 Å². The second kappa shape index (κ2) is 2.05. The van der Waals surface area contributed by atoms with Crippen molar-refractivity contribution in [1.82, 2.24) is 0 Å². The molecule has 3 heteroatoms. The van der Waals surface area contributed by atoms with Crippen molar-refractivity contribution in [1.29, 1.82) is 0 Å². The van der Waals surface area contributed by atoms with Crippen LogP contribution < -0.4 is 0 Å². The zero-order chi connectivity index (χ0) is 6.15. The molecule has 0 saturated carbocycles. The second-order valence-corrected chi connectivity index (χ2v) is 3.14. The van der Waals surface area contributed by atoms with Gasteiger partial charge in [-0.15, -0.1) is 0 Å². The normalized spacial score (nSPS) is 28.4. The Morgan fingerprint density at radius 3 is 2.62 bits per heavy atom. The average Bonchev–Trinajstić information content (AvgIpc) is 1.85. The minimum Gasteiger partial charge on any atom is -0.431 e. The van der Waals surface area contributed by atoms with E-state index >= 15 is 0 Å². The third-order valence-electron chi connectivity index (χ3n) is 0.908. The lowest BCUT2D eigenvalue weighted by Gasteiger charge is -1.87. The maximum absolute atomic E-state index is 10.5. The molecule has 0 radical (unpaired) electrons. The van der Waals surface area contributed by atoms with Crippen molar-refractivity contribution in [2.75, 3.05) is 0 Å². The number of rotatable bonds is 0. The zero-order valence-corrected chi connectivity index (χ0v) is 6.34. The summed E-state index contributed by atoms with van der Waals surface area (Å²) in [4.78, 5) is 10.5. The first-order valence-corrected chi connectivity index (χ1v) is 3.48. The molecule has 1 atom stereocenters. The molecule has 0 bridgehead atoms. The number of allylic oxidation sites excluding steroid dienone is 1. The number of esters is 1. The van der Waals surface area contributed by atoms with Gasteiger partial charge in [-0.1, -0.05) is 29.2 Å². The first-order valence-electron chi connectivity index (χ1n) is 2.23. The number of hydrogen-bond acceptors (Lipinski definition) is 2. The first-order chi connectivity index (χ1) is 3.70. The fraction of sp³-hybridized carbons (Fsp3) is 0.400. The quantitative estimate of drug-likeness (QED) is 0.351. The minimum absolute atomic E-state index is 0.0000926. The molecule has 1 heterocycles. The molecule has 2 nitrogen and oxygen atoms in total. The van der Waals surface area contributed by atoms with Crippen LogP contribution in [0.5, 0.6) is 0 Å². The predicted octanol–water partition coefficient (Wildman–Crippen LogP) is 1.25. The van der Waals surface area contributed by atoms with Gasteiger partial charge in [-0.05, 0) is 0 Å². The van der Waals surface area contributed by atoms with E-state index in [1.165, 1.54) is 0 Å². The van der Waals surface area contributed by atoms with Crippen LogP contribution in [0.2, 0.25) is 0 Å². The van der Waals surface area contributed by atoms with E-state index < -0.39 is 0 Å². The predicted molar refractivity (Wildman–Crippen MR) is 37.7 cm³/mol. The Labute approximate surface area is 61.0 Å². The van der Waals surface area contributed by atoms with Crippen LogP contribution in [0.4, 0.5) is 0 Å². The van der Waals surface area contributed by atoms with Gasteiger partial charge in [0.05, 0.1) is 0 Å². The van der Waals surface area contributed by atoms with E-state index in [0.717, 1.165) is 0 Å². The standard InChI is InChI=1S/C5H5IO2/c1-3-2-4(6)5(7)8-3/h4H,1-2H2. The number of carbonyl (C=O) groups excluding carboxylic acids is 1. The molecule has 0 aromatic rings. The monoisotopic (exact) mass is 224 g/mol. The molecule has 0 N–H and O–H groups in total. The van der Waals surface area contributed by atoms with Gasteiger partial charge in [0.15, 0.2) is 0 Å². The van der Waals surface area contributed by atoms with Crippen LogP contribution in [0.1, 0.15) is 6.42 Å². The summed E-state index contributed by atoms with van der Waals surface area (Å²) in [5, 5.41) is 0. The molecule has 8 heavy (non-hydrogen) atoms. The summed E-state index contributed by atoms with van der Waals surface area (Å²) in [6, 6.07) is 0. The average molecular weight is 224 g/mol. The summed E-state index contributed by atoms with van der Waals surface area (Å²) in [7, 11) is 0. The molecule has 1 saturated heterocycles. The lowest BCUT2D eigenvalue weighted by molar-refractivity contribution is -0.134. The van der Waals surface area contributed by atoms with Gasteiger partial charge in [0.2, 0.25) is 0 Å². The zero-order valence-electron chi connectivity index (χ0n) is 4.19. The van der Waals surface area contributed by atoms with E-state index in [1.807, 2.05) is 22.6 Å². The Bertz CT molecular complexity index is 141. The first kappa shape index (κ1) is 6.07. The highest BCUT2D eigenvalue weighted by Crippen LogP contribution is 2.22. The Balaban J connectivity index is 2.64. The molecule has 1 fully saturated rings. The molecule has 1 aliphatic rings. The molecule has 0 spiro atoms. The van der Waals surface area contributed by atoms with E-state index in [0.29, 0.717) is 12.2 Å². The molecule has 0 aromatic carbocycles. The molecule has 0 amide bonds. The van der Waals surface area contributed by atoms with Crippen LogP contribution in [0.15, 0.2) is 12.3 Å². The maximum atomic E-state index is 10.5. The summed E-state index contributed by atoms with van der Waals surface area (Å²) in [5.74, 6) is 0.435. The van der Waals surface area contributed by atoms with Crippen LogP contribution in [0.3, 0.4) is 0 Å². The summed E-state index contributed by atoms with van der Waals surface area (Å²) < 4.78 is 4.63. The van der Waals surface area contributed by atoms with Crippen LogP contribution in [0.25, 0.3) is 0 Å². The maximum Gasteiger partial charge on any atom is 0.324 e. The van der Waals surface area contributed by atoms with Gasteiger partial charge in [-0.2, -0.15) is 0 Å². The number of carbonyl (C=O) groups is 1. The molecule has 44 valence electrons. The minimum atomic E-state index is -0.157. The second-order valence-electron chi connectivity index (χ2n) is 1.63. The van der Waals surface area contributed by atoms with Crippen LogP contribution in [-0.2, 0) is 9.53 Å².